The first-order valence-electron chi connectivity index (χ1n) is 6.49. The lowest BCUT2D eigenvalue weighted by Gasteiger charge is -2.07. The lowest BCUT2D eigenvalue weighted by Crippen LogP contribution is -2.12. The van der Waals surface area contributed by atoms with Crippen LogP contribution in [0.15, 0.2) is 24.3 Å². The van der Waals surface area contributed by atoms with Crippen LogP contribution in [0.4, 0.5) is 11.4 Å². The molecule has 1 aromatic rings. The molecule has 0 radical (unpaired) electrons. The summed E-state index contributed by atoms with van der Waals surface area (Å²) in [5.74, 6) is -0.151. The Morgan fingerprint density at radius 1 is 1.11 bits per heavy atom. The molecule has 0 aliphatic heterocycles. The highest BCUT2D eigenvalue weighted by molar-refractivity contribution is 5.93. The number of nitrogens with two attached hydrogens (primary N) is 1. The Bertz CT molecular complexity index is 432. The Morgan fingerprint density at radius 2 is 1.79 bits per heavy atom. The number of rotatable bonds is 7. The summed E-state index contributed by atoms with van der Waals surface area (Å²) < 4.78 is 0. The van der Waals surface area contributed by atoms with E-state index < -0.39 is 0 Å². The molecule has 1 aromatic carbocycles. The van der Waals surface area contributed by atoms with Gasteiger partial charge in [0.05, 0.1) is 0 Å². The largest absolute Gasteiger partial charge is 0.330 e. The number of anilines is 2. The summed E-state index contributed by atoms with van der Waals surface area (Å²) in [7, 11) is 0. The highest BCUT2D eigenvalue weighted by Crippen LogP contribution is 2.15. The molecule has 0 spiro atoms. The van der Waals surface area contributed by atoms with E-state index in [-0.39, 0.29) is 11.8 Å². The molecular weight excluding hydrogens is 242 g/mol. The van der Waals surface area contributed by atoms with E-state index in [1.807, 2.05) is 0 Å². The van der Waals surface area contributed by atoms with Gasteiger partial charge in [-0.05, 0) is 37.6 Å². The smallest absolute Gasteiger partial charge is 0.224 e. The number of carbonyl (C=O) groups is 2. The Labute approximate surface area is 113 Å². The topological polar surface area (TPSA) is 84.2 Å². The number of hydrogen-bond donors (Lipinski definition) is 3. The zero-order valence-electron chi connectivity index (χ0n) is 11.2. The van der Waals surface area contributed by atoms with Crippen molar-refractivity contribution in [2.45, 2.75) is 32.6 Å². The maximum absolute atomic E-state index is 11.7. The van der Waals surface area contributed by atoms with Gasteiger partial charge in [-0.25, -0.2) is 0 Å². The number of hydrogen-bond acceptors (Lipinski definition) is 3. The van der Waals surface area contributed by atoms with Crippen molar-refractivity contribution in [3.63, 3.8) is 0 Å². The van der Waals surface area contributed by atoms with Crippen molar-refractivity contribution in [2.24, 2.45) is 5.73 Å². The van der Waals surface area contributed by atoms with E-state index in [9.17, 15) is 9.59 Å². The second kappa shape index (κ2) is 8.26. The van der Waals surface area contributed by atoms with Crippen LogP contribution in [0.1, 0.15) is 32.6 Å². The molecule has 5 heteroatoms. The van der Waals surface area contributed by atoms with Gasteiger partial charge in [-0.15, -0.1) is 0 Å². The van der Waals surface area contributed by atoms with Gasteiger partial charge in [0.2, 0.25) is 11.8 Å². The summed E-state index contributed by atoms with van der Waals surface area (Å²) >= 11 is 0. The normalized spacial score (nSPS) is 10.0. The predicted molar refractivity (Wildman–Crippen MR) is 76.9 cm³/mol. The molecule has 0 saturated heterocycles. The van der Waals surface area contributed by atoms with Crippen LogP contribution in [0.5, 0.6) is 0 Å². The minimum atomic E-state index is -0.134. The van der Waals surface area contributed by atoms with Crippen molar-refractivity contribution < 1.29 is 9.59 Å². The second-order valence-corrected chi connectivity index (χ2v) is 4.41. The molecule has 0 saturated carbocycles. The van der Waals surface area contributed by atoms with Crippen LogP contribution < -0.4 is 16.4 Å². The van der Waals surface area contributed by atoms with Crippen LogP contribution in [-0.4, -0.2) is 18.4 Å². The summed E-state index contributed by atoms with van der Waals surface area (Å²) in [5.41, 5.74) is 6.75. The lowest BCUT2D eigenvalue weighted by atomic mass is 10.2. The van der Waals surface area contributed by atoms with Crippen molar-refractivity contribution in [2.75, 3.05) is 17.2 Å². The van der Waals surface area contributed by atoms with E-state index in [0.29, 0.717) is 24.3 Å². The first-order valence-corrected chi connectivity index (χ1v) is 6.49. The number of benzene rings is 1. The van der Waals surface area contributed by atoms with Crippen molar-refractivity contribution >= 4 is 23.2 Å². The first kappa shape index (κ1) is 15.2. The average molecular weight is 263 g/mol. The fourth-order valence-electron chi connectivity index (χ4n) is 1.71. The summed E-state index contributed by atoms with van der Waals surface area (Å²) in [6, 6.07) is 7.09. The third-order valence-corrected chi connectivity index (χ3v) is 2.57. The van der Waals surface area contributed by atoms with Gasteiger partial charge in [0, 0.05) is 24.7 Å². The maximum atomic E-state index is 11.7. The van der Waals surface area contributed by atoms with Crippen molar-refractivity contribution in [3.8, 4) is 0 Å². The van der Waals surface area contributed by atoms with Crippen LogP contribution in [0, 0.1) is 0 Å². The fourth-order valence-corrected chi connectivity index (χ4v) is 1.71. The maximum Gasteiger partial charge on any atom is 0.224 e. The minimum absolute atomic E-state index is 0.0167. The Morgan fingerprint density at radius 3 is 2.42 bits per heavy atom. The molecule has 0 unspecified atom stereocenters. The van der Waals surface area contributed by atoms with Gasteiger partial charge in [0.25, 0.3) is 0 Å². The first-order chi connectivity index (χ1) is 9.11. The molecular formula is C14H21N3O2. The molecule has 1 rings (SSSR count). The van der Waals surface area contributed by atoms with E-state index in [2.05, 4.69) is 10.6 Å². The highest BCUT2D eigenvalue weighted by Gasteiger charge is 2.03. The van der Waals surface area contributed by atoms with E-state index >= 15 is 0 Å². The van der Waals surface area contributed by atoms with E-state index in [1.54, 1.807) is 24.3 Å². The van der Waals surface area contributed by atoms with Crippen molar-refractivity contribution in [1.82, 2.24) is 0 Å². The van der Waals surface area contributed by atoms with Crippen LogP contribution in [0.25, 0.3) is 0 Å². The summed E-state index contributed by atoms with van der Waals surface area (Å²) in [6.07, 6.45) is 3.25. The van der Waals surface area contributed by atoms with E-state index in [1.165, 1.54) is 6.92 Å². The van der Waals surface area contributed by atoms with Crippen LogP contribution in [-0.2, 0) is 9.59 Å². The van der Waals surface area contributed by atoms with E-state index in [4.69, 9.17) is 5.73 Å². The number of amides is 2. The highest BCUT2D eigenvalue weighted by atomic mass is 16.2. The fraction of sp³-hybridized carbons (Fsp3) is 0.429. The lowest BCUT2D eigenvalue weighted by molar-refractivity contribution is -0.116. The summed E-state index contributed by atoms with van der Waals surface area (Å²) in [6.45, 7) is 2.11. The SMILES string of the molecule is CC(=O)Nc1cccc(NC(=O)CCCCCN)c1. The average Bonchev–Trinajstić information content (AvgIpc) is 2.34. The zero-order valence-corrected chi connectivity index (χ0v) is 11.2. The van der Waals surface area contributed by atoms with Gasteiger partial charge in [-0.1, -0.05) is 12.5 Å². The molecule has 0 aliphatic carbocycles. The molecule has 2 amide bonds. The predicted octanol–water partition coefficient (Wildman–Crippen LogP) is 2.10. The quantitative estimate of drug-likeness (QED) is 0.659. The molecule has 0 fully saturated rings. The van der Waals surface area contributed by atoms with Gasteiger partial charge in [-0.3, -0.25) is 9.59 Å². The molecule has 104 valence electrons. The Kier molecular flexibility index (Phi) is 6.60. The number of carbonyl (C=O) groups excluding carboxylic acids is 2. The van der Waals surface area contributed by atoms with Gasteiger partial charge < -0.3 is 16.4 Å². The van der Waals surface area contributed by atoms with E-state index in [0.717, 1.165) is 19.3 Å². The van der Waals surface area contributed by atoms with Crippen LogP contribution >= 0.6 is 0 Å². The van der Waals surface area contributed by atoms with Gasteiger partial charge in [0.1, 0.15) is 0 Å². The van der Waals surface area contributed by atoms with Gasteiger partial charge in [-0.2, -0.15) is 0 Å². The molecule has 0 aliphatic rings. The standard InChI is InChI=1S/C14H21N3O2/c1-11(18)16-12-6-5-7-13(10-12)17-14(19)8-3-2-4-9-15/h5-7,10H,2-4,8-9,15H2,1H3,(H,16,18)(H,17,19). The van der Waals surface area contributed by atoms with Crippen molar-refractivity contribution in [1.29, 1.82) is 0 Å². The van der Waals surface area contributed by atoms with Crippen LogP contribution in [0.3, 0.4) is 0 Å². The minimum Gasteiger partial charge on any atom is -0.330 e. The summed E-state index contributed by atoms with van der Waals surface area (Å²) in [5, 5.41) is 5.49. The van der Waals surface area contributed by atoms with Crippen LogP contribution in [0.2, 0.25) is 0 Å². The monoisotopic (exact) mass is 263 g/mol. The molecule has 0 bridgehead atoms. The zero-order chi connectivity index (χ0) is 14.1. The Hall–Kier alpha value is -1.88. The number of unbranched alkanes of at least 4 members (excludes halogenated alkanes) is 2. The molecule has 0 aromatic heterocycles. The van der Waals surface area contributed by atoms with Gasteiger partial charge >= 0.3 is 0 Å². The van der Waals surface area contributed by atoms with Gasteiger partial charge in [0.15, 0.2) is 0 Å². The molecule has 0 atom stereocenters. The molecule has 5 nitrogen and oxygen atoms in total. The summed E-state index contributed by atoms with van der Waals surface area (Å²) in [4.78, 5) is 22.6. The van der Waals surface area contributed by atoms with Crippen molar-refractivity contribution in [3.05, 3.63) is 24.3 Å². The second-order valence-electron chi connectivity index (χ2n) is 4.41. The molecule has 0 heterocycles. The molecule has 19 heavy (non-hydrogen) atoms. The third kappa shape index (κ3) is 6.57. The molecule has 4 N–H and O–H groups in total. The Balaban J connectivity index is 2.43. The third-order valence-electron chi connectivity index (χ3n) is 2.57. The number of nitrogens with one attached hydrogen (secondary N) is 2.